The molecule has 0 aliphatic carbocycles. The molecule has 1 saturated heterocycles. The van der Waals surface area contributed by atoms with Crippen molar-refractivity contribution in [3.63, 3.8) is 0 Å². The van der Waals surface area contributed by atoms with Crippen molar-refractivity contribution < 1.29 is 9.59 Å². The zero-order valence-corrected chi connectivity index (χ0v) is 17.1. The third-order valence-corrected chi connectivity index (χ3v) is 5.07. The Morgan fingerprint density at radius 2 is 1.91 bits per heavy atom. The van der Waals surface area contributed by atoms with Gasteiger partial charge in [0.05, 0.1) is 12.1 Å². The molecule has 0 bridgehead atoms. The quantitative estimate of drug-likeness (QED) is 0.655. The second-order valence-electron chi connectivity index (χ2n) is 5.91. The minimum Gasteiger partial charge on any atom is -0.353 e. The Kier molecular flexibility index (Phi) is 6.84. The normalized spacial score (nSPS) is 15.8. The van der Waals surface area contributed by atoms with Gasteiger partial charge in [-0.05, 0) is 54.6 Å². The van der Waals surface area contributed by atoms with Crippen LogP contribution in [0, 0.1) is 3.57 Å². The molecule has 0 aromatic heterocycles. The molecule has 5 nitrogen and oxygen atoms in total. The smallest absolute Gasteiger partial charge is 0.255 e. The van der Waals surface area contributed by atoms with Gasteiger partial charge in [-0.3, -0.25) is 14.5 Å². The molecular formula is C16H21BrIN3O2. The van der Waals surface area contributed by atoms with Crippen molar-refractivity contribution in [2.75, 3.05) is 32.7 Å². The zero-order chi connectivity index (χ0) is 17.0. The Bertz CT molecular complexity index is 587. The second kappa shape index (κ2) is 8.43. The maximum absolute atomic E-state index is 12.6. The number of amides is 2. The molecule has 1 aromatic rings. The largest absolute Gasteiger partial charge is 0.353 e. The predicted molar refractivity (Wildman–Crippen MR) is 102 cm³/mol. The molecule has 1 aliphatic rings. The van der Waals surface area contributed by atoms with Crippen molar-refractivity contribution in [3.05, 3.63) is 31.8 Å². The first-order chi connectivity index (χ1) is 10.9. The van der Waals surface area contributed by atoms with Gasteiger partial charge >= 0.3 is 0 Å². The van der Waals surface area contributed by atoms with E-state index < -0.39 is 0 Å². The van der Waals surface area contributed by atoms with Gasteiger partial charge in [0, 0.05) is 40.3 Å². The Hall–Kier alpha value is -0.670. The fraction of sp³-hybridized carbons (Fsp3) is 0.500. The van der Waals surface area contributed by atoms with Crippen LogP contribution in [0.1, 0.15) is 24.2 Å². The first kappa shape index (κ1) is 18.7. The molecule has 1 heterocycles. The summed E-state index contributed by atoms with van der Waals surface area (Å²) in [4.78, 5) is 28.4. The van der Waals surface area contributed by atoms with Gasteiger partial charge in [0.25, 0.3) is 5.91 Å². The van der Waals surface area contributed by atoms with Crippen LogP contribution in [-0.4, -0.2) is 60.4 Å². The maximum Gasteiger partial charge on any atom is 0.255 e. The van der Waals surface area contributed by atoms with Crippen molar-refractivity contribution in [1.82, 2.24) is 15.1 Å². The van der Waals surface area contributed by atoms with E-state index in [1.54, 1.807) is 0 Å². The summed E-state index contributed by atoms with van der Waals surface area (Å²) in [6.45, 7) is 7.05. The number of benzene rings is 1. The maximum atomic E-state index is 12.6. The minimum atomic E-state index is 0.0429. The SMILES string of the molecule is CC(C)NC(=O)CN1CCN(C(=O)c2cc(Br)ccc2I)CC1. The number of nitrogens with one attached hydrogen (secondary N) is 1. The lowest BCUT2D eigenvalue weighted by atomic mass is 10.2. The number of hydrogen-bond donors (Lipinski definition) is 1. The lowest BCUT2D eigenvalue weighted by Gasteiger charge is -2.34. The van der Waals surface area contributed by atoms with E-state index in [9.17, 15) is 9.59 Å². The molecular weight excluding hydrogens is 473 g/mol. The third-order valence-electron chi connectivity index (χ3n) is 3.64. The molecule has 2 amide bonds. The van der Waals surface area contributed by atoms with E-state index in [2.05, 4.69) is 48.7 Å². The molecule has 1 aliphatic heterocycles. The van der Waals surface area contributed by atoms with Crippen molar-refractivity contribution in [3.8, 4) is 0 Å². The number of piperazine rings is 1. The number of rotatable bonds is 4. The lowest BCUT2D eigenvalue weighted by Crippen LogP contribution is -2.51. The van der Waals surface area contributed by atoms with E-state index in [4.69, 9.17) is 0 Å². The molecule has 126 valence electrons. The van der Waals surface area contributed by atoms with E-state index in [1.807, 2.05) is 36.9 Å². The van der Waals surface area contributed by atoms with Gasteiger partial charge in [-0.15, -0.1) is 0 Å². The van der Waals surface area contributed by atoms with Crippen LogP contribution in [0.5, 0.6) is 0 Å². The summed E-state index contributed by atoms with van der Waals surface area (Å²) >= 11 is 5.61. The zero-order valence-electron chi connectivity index (χ0n) is 13.3. The molecule has 0 unspecified atom stereocenters. The summed E-state index contributed by atoms with van der Waals surface area (Å²) in [5, 5.41) is 2.90. The number of nitrogens with zero attached hydrogens (tertiary/aromatic N) is 2. The van der Waals surface area contributed by atoms with Crippen molar-refractivity contribution >= 4 is 50.3 Å². The van der Waals surface area contributed by atoms with Crippen LogP contribution in [0.25, 0.3) is 0 Å². The molecule has 1 fully saturated rings. The fourth-order valence-corrected chi connectivity index (χ4v) is 3.44. The molecule has 0 radical (unpaired) electrons. The molecule has 1 aromatic carbocycles. The van der Waals surface area contributed by atoms with E-state index in [-0.39, 0.29) is 17.9 Å². The number of halogens is 2. The number of carbonyl (C=O) groups is 2. The summed E-state index contributed by atoms with van der Waals surface area (Å²) in [6.07, 6.45) is 0. The number of hydrogen-bond acceptors (Lipinski definition) is 3. The van der Waals surface area contributed by atoms with E-state index in [0.717, 1.165) is 26.7 Å². The average molecular weight is 494 g/mol. The van der Waals surface area contributed by atoms with Gasteiger partial charge in [-0.1, -0.05) is 15.9 Å². The molecule has 23 heavy (non-hydrogen) atoms. The second-order valence-corrected chi connectivity index (χ2v) is 7.99. The van der Waals surface area contributed by atoms with E-state index in [1.165, 1.54) is 0 Å². The van der Waals surface area contributed by atoms with Crippen LogP contribution in [-0.2, 0) is 4.79 Å². The van der Waals surface area contributed by atoms with Gasteiger partial charge in [0.2, 0.25) is 5.91 Å². The van der Waals surface area contributed by atoms with Crippen LogP contribution in [0.3, 0.4) is 0 Å². The monoisotopic (exact) mass is 493 g/mol. The van der Waals surface area contributed by atoms with Crippen molar-refractivity contribution in [1.29, 1.82) is 0 Å². The standard InChI is InChI=1S/C16H21BrIN3O2/c1-11(2)19-15(22)10-20-5-7-21(8-6-20)16(23)13-9-12(17)3-4-14(13)18/h3-4,9,11H,5-8,10H2,1-2H3,(H,19,22). The summed E-state index contributed by atoms with van der Waals surface area (Å²) < 4.78 is 1.86. The number of carbonyl (C=O) groups excluding carboxylic acids is 2. The van der Waals surface area contributed by atoms with Crippen molar-refractivity contribution in [2.24, 2.45) is 0 Å². The highest BCUT2D eigenvalue weighted by Gasteiger charge is 2.24. The summed E-state index contributed by atoms with van der Waals surface area (Å²) in [7, 11) is 0. The fourth-order valence-electron chi connectivity index (χ4n) is 2.51. The molecule has 0 atom stereocenters. The lowest BCUT2D eigenvalue weighted by molar-refractivity contribution is -0.123. The highest BCUT2D eigenvalue weighted by Crippen LogP contribution is 2.20. The summed E-state index contributed by atoms with van der Waals surface area (Å²) in [6, 6.07) is 5.89. The van der Waals surface area contributed by atoms with Crippen LogP contribution in [0.15, 0.2) is 22.7 Å². The Morgan fingerprint density at radius 3 is 2.52 bits per heavy atom. The van der Waals surface area contributed by atoms with Gasteiger partial charge in [-0.25, -0.2) is 0 Å². The van der Waals surface area contributed by atoms with Gasteiger partial charge < -0.3 is 10.2 Å². The van der Waals surface area contributed by atoms with Crippen molar-refractivity contribution in [2.45, 2.75) is 19.9 Å². The van der Waals surface area contributed by atoms with Gasteiger partial charge in [0.15, 0.2) is 0 Å². The summed E-state index contributed by atoms with van der Waals surface area (Å²) in [5.74, 6) is 0.100. The molecule has 7 heteroatoms. The topological polar surface area (TPSA) is 52.7 Å². The molecule has 0 spiro atoms. The van der Waals surface area contributed by atoms with E-state index in [0.29, 0.717) is 19.6 Å². The van der Waals surface area contributed by atoms with Crippen LogP contribution in [0.4, 0.5) is 0 Å². The molecule has 2 rings (SSSR count). The van der Waals surface area contributed by atoms with Crippen LogP contribution >= 0.6 is 38.5 Å². The van der Waals surface area contributed by atoms with Gasteiger partial charge in [-0.2, -0.15) is 0 Å². The molecule has 0 saturated carbocycles. The van der Waals surface area contributed by atoms with Crippen LogP contribution in [0.2, 0.25) is 0 Å². The van der Waals surface area contributed by atoms with Gasteiger partial charge in [0.1, 0.15) is 0 Å². The average Bonchev–Trinajstić information content (AvgIpc) is 2.49. The summed E-state index contributed by atoms with van der Waals surface area (Å²) in [5.41, 5.74) is 0.728. The minimum absolute atomic E-state index is 0.0429. The Morgan fingerprint density at radius 1 is 1.26 bits per heavy atom. The predicted octanol–water partition coefficient (Wildman–Crippen LogP) is 2.34. The van der Waals surface area contributed by atoms with Crippen LogP contribution < -0.4 is 5.32 Å². The first-order valence-electron chi connectivity index (χ1n) is 7.63. The highest BCUT2D eigenvalue weighted by atomic mass is 127. The Labute approximate surface area is 159 Å². The van der Waals surface area contributed by atoms with E-state index >= 15 is 0 Å². The Balaban J connectivity index is 1.90. The first-order valence-corrected chi connectivity index (χ1v) is 9.50. The third kappa shape index (κ3) is 5.42. The highest BCUT2D eigenvalue weighted by molar-refractivity contribution is 14.1. The molecule has 1 N–H and O–H groups in total.